The molecule has 6 rings (SSSR count). The highest BCUT2D eigenvalue weighted by molar-refractivity contribution is 6.02. The van der Waals surface area contributed by atoms with E-state index in [-0.39, 0.29) is 11.1 Å². The molecule has 170 valence electrons. The molecule has 0 spiro atoms. The number of para-hydroxylation sites is 2. The molecule has 4 heterocycles. The first-order chi connectivity index (χ1) is 16.5. The second-order valence-electron chi connectivity index (χ2n) is 8.20. The zero-order valence-corrected chi connectivity index (χ0v) is 17.9. The Balaban J connectivity index is 1.51. The fourth-order valence-corrected chi connectivity index (χ4v) is 4.69. The average molecular weight is 458 g/mol. The van der Waals surface area contributed by atoms with Gasteiger partial charge < -0.3 is 19.3 Å². The molecule has 1 N–H and O–H groups in total. The van der Waals surface area contributed by atoms with Crippen molar-refractivity contribution in [3.8, 4) is 0 Å². The van der Waals surface area contributed by atoms with Crippen molar-refractivity contribution < 1.29 is 18.7 Å². The normalized spacial score (nSPS) is 14.4. The summed E-state index contributed by atoms with van der Waals surface area (Å²) in [4.78, 5) is 33.4. The van der Waals surface area contributed by atoms with Crippen LogP contribution in [0.15, 0.2) is 70.0 Å². The van der Waals surface area contributed by atoms with Crippen LogP contribution in [-0.2, 0) is 0 Å². The summed E-state index contributed by atoms with van der Waals surface area (Å²) < 4.78 is 22.6. The van der Waals surface area contributed by atoms with E-state index in [1.807, 2.05) is 23.1 Å². The molecule has 0 saturated carbocycles. The van der Waals surface area contributed by atoms with Crippen LogP contribution in [0, 0.1) is 5.82 Å². The molecule has 1 saturated heterocycles. The summed E-state index contributed by atoms with van der Waals surface area (Å²) in [6.07, 6.45) is 1.74. The lowest BCUT2D eigenvalue weighted by molar-refractivity contribution is 0.0696. The Morgan fingerprint density at radius 2 is 1.71 bits per heavy atom. The Labute approximate surface area is 192 Å². The van der Waals surface area contributed by atoms with Gasteiger partial charge in [-0.25, -0.2) is 14.2 Å². The standard InChI is InChI=1S/C25H19FN4O4/c26-16-13-15-18(14-19(16)28-9-11-29(12-10-28)21-7-3-4-8-27-21)30-17-5-1-2-6-20(17)34-24(30)22(23(15)31)25(32)33/h1-8,13-14H,9-12H2,(H,32,33). The smallest absolute Gasteiger partial charge is 0.345 e. The first-order valence-corrected chi connectivity index (χ1v) is 10.9. The topological polar surface area (TPSA) is 91.3 Å². The van der Waals surface area contributed by atoms with Gasteiger partial charge in [0.05, 0.1) is 22.1 Å². The van der Waals surface area contributed by atoms with E-state index in [0.29, 0.717) is 48.5 Å². The van der Waals surface area contributed by atoms with Gasteiger partial charge in [-0.1, -0.05) is 18.2 Å². The molecular weight excluding hydrogens is 439 g/mol. The van der Waals surface area contributed by atoms with E-state index in [9.17, 15) is 14.7 Å². The van der Waals surface area contributed by atoms with Gasteiger partial charge in [0, 0.05) is 32.4 Å². The van der Waals surface area contributed by atoms with E-state index in [0.717, 1.165) is 11.9 Å². The maximum atomic E-state index is 15.3. The lowest BCUT2D eigenvalue weighted by atomic mass is 10.1. The summed E-state index contributed by atoms with van der Waals surface area (Å²) >= 11 is 0. The number of nitrogens with zero attached hydrogens (tertiary/aromatic N) is 4. The van der Waals surface area contributed by atoms with Crippen molar-refractivity contribution in [2.24, 2.45) is 0 Å². The summed E-state index contributed by atoms with van der Waals surface area (Å²) in [5.41, 5.74) is 0.443. The number of oxazole rings is 1. The highest BCUT2D eigenvalue weighted by Gasteiger charge is 2.26. The van der Waals surface area contributed by atoms with Crippen molar-refractivity contribution in [1.29, 1.82) is 0 Å². The van der Waals surface area contributed by atoms with Gasteiger partial charge in [0.1, 0.15) is 11.6 Å². The van der Waals surface area contributed by atoms with Crippen LogP contribution in [0.5, 0.6) is 0 Å². The molecule has 34 heavy (non-hydrogen) atoms. The average Bonchev–Trinajstić information content (AvgIpc) is 3.23. The van der Waals surface area contributed by atoms with Crippen LogP contribution in [0.2, 0.25) is 0 Å². The third-order valence-electron chi connectivity index (χ3n) is 6.31. The zero-order valence-electron chi connectivity index (χ0n) is 17.9. The van der Waals surface area contributed by atoms with Crippen molar-refractivity contribution in [3.05, 3.63) is 82.4 Å². The minimum Gasteiger partial charge on any atom is -0.477 e. The van der Waals surface area contributed by atoms with Crippen LogP contribution in [0.1, 0.15) is 10.4 Å². The number of fused-ring (bicyclic) bond motifs is 5. The number of hydrogen-bond acceptors (Lipinski definition) is 6. The Hall–Kier alpha value is -4.40. The molecule has 8 nitrogen and oxygen atoms in total. The molecule has 0 aliphatic carbocycles. The van der Waals surface area contributed by atoms with Crippen LogP contribution < -0.4 is 15.2 Å². The predicted octanol–water partition coefficient (Wildman–Crippen LogP) is 3.76. The fraction of sp³-hybridized carbons (Fsp3) is 0.160. The largest absolute Gasteiger partial charge is 0.477 e. The summed E-state index contributed by atoms with van der Waals surface area (Å²) in [7, 11) is 0. The maximum absolute atomic E-state index is 15.3. The third-order valence-corrected chi connectivity index (χ3v) is 6.31. The summed E-state index contributed by atoms with van der Waals surface area (Å²) in [6, 6.07) is 15.5. The molecule has 9 heteroatoms. The number of aromatic nitrogens is 2. The molecule has 5 aromatic rings. The van der Waals surface area contributed by atoms with Gasteiger partial charge in [-0.15, -0.1) is 0 Å². The number of piperazine rings is 1. The van der Waals surface area contributed by atoms with E-state index in [1.54, 1.807) is 40.9 Å². The fourth-order valence-electron chi connectivity index (χ4n) is 4.69. The van der Waals surface area contributed by atoms with Gasteiger partial charge in [0.25, 0.3) is 0 Å². The number of halogens is 1. The van der Waals surface area contributed by atoms with Crippen LogP contribution in [0.25, 0.3) is 27.7 Å². The Kier molecular flexibility index (Phi) is 4.51. The number of anilines is 2. The number of aromatic carboxylic acids is 1. The second kappa shape index (κ2) is 7.58. The number of pyridine rings is 2. The number of carboxylic acid groups (broad SMARTS) is 1. The molecule has 0 amide bonds. The first kappa shape index (κ1) is 20.2. The molecule has 0 radical (unpaired) electrons. The molecule has 1 aliphatic rings. The number of carboxylic acids is 1. The van der Waals surface area contributed by atoms with E-state index < -0.39 is 22.8 Å². The third kappa shape index (κ3) is 3.01. The monoisotopic (exact) mass is 458 g/mol. The lowest BCUT2D eigenvalue weighted by Gasteiger charge is -2.36. The van der Waals surface area contributed by atoms with Crippen molar-refractivity contribution in [1.82, 2.24) is 9.38 Å². The van der Waals surface area contributed by atoms with Crippen LogP contribution in [0.4, 0.5) is 15.9 Å². The maximum Gasteiger partial charge on any atom is 0.345 e. The first-order valence-electron chi connectivity index (χ1n) is 10.9. The minimum absolute atomic E-state index is 0.00479. The Morgan fingerprint density at radius 3 is 2.44 bits per heavy atom. The quantitative estimate of drug-likeness (QED) is 0.440. The molecule has 2 aromatic carbocycles. The SMILES string of the molecule is O=C(O)c1c(=O)c2cc(F)c(N3CCN(c4ccccn4)CC3)cc2n2c1oc1ccccc12. The van der Waals surface area contributed by atoms with Crippen LogP contribution in [0.3, 0.4) is 0 Å². The van der Waals surface area contributed by atoms with Crippen LogP contribution in [-0.4, -0.2) is 46.6 Å². The van der Waals surface area contributed by atoms with Crippen molar-refractivity contribution in [2.75, 3.05) is 36.0 Å². The highest BCUT2D eigenvalue weighted by atomic mass is 19.1. The molecule has 0 bridgehead atoms. The molecule has 1 aliphatic heterocycles. The summed E-state index contributed by atoms with van der Waals surface area (Å²) in [5.74, 6) is -1.11. The number of hydrogen-bond donors (Lipinski definition) is 1. The Bertz CT molecular complexity index is 1640. The number of carbonyl (C=O) groups is 1. The summed E-state index contributed by atoms with van der Waals surface area (Å²) in [5, 5.41) is 9.71. The number of benzene rings is 2. The van der Waals surface area contributed by atoms with Gasteiger partial charge >= 0.3 is 5.97 Å². The zero-order chi connectivity index (χ0) is 23.4. The summed E-state index contributed by atoms with van der Waals surface area (Å²) in [6.45, 7) is 2.46. The minimum atomic E-state index is -1.42. The van der Waals surface area contributed by atoms with E-state index in [4.69, 9.17) is 4.42 Å². The molecule has 1 fully saturated rings. The van der Waals surface area contributed by atoms with Gasteiger partial charge in [-0.3, -0.25) is 9.20 Å². The molecule has 0 unspecified atom stereocenters. The van der Waals surface area contributed by atoms with Crippen molar-refractivity contribution in [3.63, 3.8) is 0 Å². The van der Waals surface area contributed by atoms with Gasteiger partial charge in [-0.2, -0.15) is 0 Å². The second-order valence-corrected chi connectivity index (χ2v) is 8.20. The predicted molar refractivity (Wildman–Crippen MR) is 127 cm³/mol. The molecular formula is C25H19FN4O4. The van der Waals surface area contributed by atoms with Gasteiger partial charge in [0.15, 0.2) is 11.1 Å². The van der Waals surface area contributed by atoms with E-state index in [1.165, 1.54) is 0 Å². The van der Waals surface area contributed by atoms with Crippen molar-refractivity contribution in [2.45, 2.75) is 0 Å². The molecule has 0 atom stereocenters. The Morgan fingerprint density at radius 1 is 0.971 bits per heavy atom. The van der Waals surface area contributed by atoms with E-state index >= 15 is 4.39 Å². The van der Waals surface area contributed by atoms with Crippen molar-refractivity contribution >= 4 is 45.2 Å². The highest BCUT2D eigenvalue weighted by Crippen LogP contribution is 2.31. The lowest BCUT2D eigenvalue weighted by Crippen LogP contribution is -2.47. The molecule has 3 aromatic heterocycles. The van der Waals surface area contributed by atoms with Gasteiger partial charge in [-0.05, 0) is 36.4 Å². The number of rotatable bonds is 3. The van der Waals surface area contributed by atoms with E-state index in [2.05, 4.69) is 9.88 Å². The van der Waals surface area contributed by atoms with Crippen LogP contribution >= 0.6 is 0 Å². The van der Waals surface area contributed by atoms with Gasteiger partial charge in [0.2, 0.25) is 11.1 Å².